The van der Waals surface area contributed by atoms with Crippen LogP contribution in [0.2, 0.25) is 0 Å². The Balaban J connectivity index is 2.19. The van der Waals surface area contributed by atoms with E-state index in [-0.39, 0.29) is 12.2 Å². The Morgan fingerprint density at radius 2 is 2.47 bits per heavy atom. The Kier molecular flexibility index (Phi) is 3.34. The molecule has 0 unspecified atom stereocenters. The van der Waals surface area contributed by atoms with Gasteiger partial charge in [0.25, 0.3) is 5.56 Å². The Labute approximate surface area is 101 Å². The molecule has 0 spiro atoms. The molecule has 0 saturated heterocycles. The summed E-state index contributed by atoms with van der Waals surface area (Å²) < 4.78 is 6.36. The third-order valence-electron chi connectivity index (χ3n) is 2.02. The maximum absolute atomic E-state index is 11.6. The number of aromatic nitrogens is 2. The SMILES string of the molecule is CC=CC(=O)OCc1cc(=O)n2ccsc2n1. The highest BCUT2D eigenvalue weighted by Gasteiger charge is 2.05. The quantitative estimate of drug-likeness (QED) is 0.610. The monoisotopic (exact) mass is 250 g/mol. The van der Waals surface area contributed by atoms with E-state index in [0.29, 0.717) is 10.7 Å². The van der Waals surface area contributed by atoms with E-state index in [4.69, 9.17) is 4.74 Å². The molecule has 0 bridgehead atoms. The molecule has 6 heteroatoms. The minimum Gasteiger partial charge on any atom is -0.456 e. The minimum absolute atomic E-state index is 0.00676. The van der Waals surface area contributed by atoms with Crippen LogP contribution in [-0.4, -0.2) is 15.4 Å². The molecular formula is C11H10N2O3S. The van der Waals surface area contributed by atoms with Crippen LogP contribution in [0.25, 0.3) is 4.96 Å². The first kappa shape index (κ1) is 11.5. The van der Waals surface area contributed by atoms with Gasteiger partial charge in [0.05, 0.1) is 5.69 Å². The summed E-state index contributed by atoms with van der Waals surface area (Å²) in [7, 11) is 0. The van der Waals surface area contributed by atoms with Gasteiger partial charge in [-0.25, -0.2) is 9.78 Å². The van der Waals surface area contributed by atoms with Gasteiger partial charge in [-0.2, -0.15) is 0 Å². The summed E-state index contributed by atoms with van der Waals surface area (Å²) in [6.45, 7) is 1.73. The van der Waals surface area contributed by atoms with Crippen LogP contribution in [0.4, 0.5) is 0 Å². The molecule has 0 N–H and O–H groups in total. The van der Waals surface area contributed by atoms with E-state index >= 15 is 0 Å². The topological polar surface area (TPSA) is 60.7 Å². The second-order valence-electron chi connectivity index (χ2n) is 3.25. The van der Waals surface area contributed by atoms with Crippen molar-refractivity contribution in [1.29, 1.82) is 0 Å². The van der Waals surface area contributed by atoms with Crippen LogP contribution in [0, 0.1) is 0 Å². The van der Waals surface area contributed by atoms with Crippen molar-refractivity contribution in [3.63, 3.8) is 0 Å². The van der Waals surface area contributed by atoms with Crippen molar-refractivity contribution in [2.75, 3.05) is 0 Å². The number of carbonyl (C=O) groups is 1. The molecule has 0 atom stereocenters. The lowest BCUT2D eigenvalue weighted by molar-refractivity contribution is -0.139. The molecule has 0 fully saturated rings. The van der Waals surface area contributed by atoms with Crippen molar-refractivity contribution < 1.29 is 9.53 Å². The van der Waals surface area contributed by atoms with Crippen molar-refractivity contribution in [2.24, 2.45) is 0 Å². The molecule has 2 aromatic rings. The Hall–Kier alpha value is -1.95. The lowest BCUT2D eigenvalue weighted by atomic mass is 10.4. The van der Waals surface area contributed by atoms with E-state index in [9.17, 15) is 9.59 Å². The molecule has 0 aliphatic heterocycles. The Morgan fingerprint density at radius 3 is 3.24 bits per heavy atom. The van der Waals surface area contributed by atoms with Crippen LogP contribution in [-0.2, 0) is 16.1 Å². The molecule has 0 radical (unpaired) electrons. The maximum Gasteiger partial charge on any atom is 0.330 e. The van der Waals surface area contributed by atoms with Crippen LogP contribution in [0.3, 0.4) is 0 Å². The number of nitrogens with zero attached hydrogens (tertiary/aromatic N) is 2. The molecule has 0 aliphatic rings. The number of carbonyl (C=O) groups excluding carboxylic acids is 1. The van der Waals surface area contributed by atoms with Crippen molar-refractivity contribution in [3.05, 3.63) is 45.8 Å². The van der Waals surface area contributed by atoms with Gasteiger partial charge in [0.15, 0.2) is 4.96 Å². The zero-order valence-corrected chi connectivity index (χ0v) is 9.94. The number of esters is 1. The summed E-state index contributed by atoms with van der Waals surface area (Å²) in [5.74, 6) is -0.444. The lowest BCUT2D eigenvalue weighted by Gasteiger charge is -2.01. The molecule has 2 aromatic heterocycles. The second-order valence-corrected chi connectivity index (χ2v) is 4.12. The largest absolute Gasteiger partial charge is 0.456 e. The van der Waals surface area contributed by atoms with Crippen LogP contribution in [0.5, 0.6) is 0 Å². The number of allylic oxidation sites excluding steroid dienone is 1. The van der Waals surface area contributed by atoms with Gasteiger partial charge in [-0.05, 0) is 6.92 Å². The first-order valence-corrected chi connectivity index (χ1v) is 5.84. The van der Waals surface area contributed by atoms with Crippen molar-refractivity contribution in [3.8, 4) is 0 Å². The Morgan fingerprint density at radius 1 is 1.65 bits per heavy atom. The van der Waals surface area contributed by atoms with Gasteiger partial charge >= 0.3 is 5.97 Å². The second kappa shape index (κ2) is 4.92. The number of ether oxygens (including phenoxy) is 1. The van der Waals surface area contributed by atoms with E-state index in [0.717, 1.165) is 0 Å². The number of hydrogen-bond acceptors (Lipinski definition) is 5. The summed E-state index contributed by atoms with van der Waals surface area (Å²) in [5.41, 5.74) is 0.281. The van der Waals surface area contributed by atoms with Gasteiger partial charge in [-0.1, -0.05) is 6.08 Å². The van der Waals surface area contributed by atoms with Gasteiger partial charge < -0.3 is 4.74 Å². The summed E-state index contributed by atoms with van der Waals surface area (Å²) in [4.78, 5) is 27.5. The highest BCUT2D eigenvalue weighted by Crippen LogP contribution is 2.07. The average Bonchev–Trinajstić information content (AvgIpc) is 2.75. The molecule has 0 saturated carbocycles. The first-order chi connectivity index (χ1) is 8.20. The molecule has 2 rings (SSSR count). The first-order valence-electron chi connectivity index (χ1n) is 4.96. The molecule has 2 heterocycles. The van der Waals surface area contributed by atoms with Crippen LogP contribution < -0.4 is 5.56 Å². The zero-order chi connectivity index (χ0) is 12.3. The van der Waals surface area contributed by atoms with Gasteiger partial charge in [0.2, 0.25) is 0 Å². The Bertz CT molecular complexity index is 627. The van der Waals surface area contributed by atoms with Gasteiger partial charge in [-0.15, -0.1) is 11.3 Å². The van der Waals surface area contributed by atoms with E-state index in [1.54, 1.807) is 24.6 Å². The summed E-state index contributed by atoms with van der Waals surface area (Å²) in [6, 6.07) is 1.36. The highest BCUT2D eigenvalue weighted by molar-refractivity contribution is 7.15. The van der Waals surface area contributed by atoms with Crippen molar-refractivity contribution >= 4 is 22.3 Å². The molecule has 0 amide bonds. The van der Waals surface area contributed by atoms with Gasteiger partial charge in [-0.3, -0.25) is 9.20 Å². The number of fused-ring (bicyclic) bond motifs is 1. The number of rotatable bonds is 3. The summed E-state index contributed by atoms with van der Waals surface area (Å²) >= 11 is 1.36. The van der Waals surface area contributed by atoms with Gasteiger partial charge in [0.1, 0.15) is 6.61 Å². The van der Waals surface area contributed by atoms with Crippen molar-refractivity contribution in [2.45, 2.75) is 13.5 Å². The third kappa shape index (κ3) is 2.59. The predicted molar refractivity (Wildman–Crippen MR) is 63.9 cm³/mol. The number of hydrogen-bond donors (Lipinski definition) is 0. The highest BCUT2D eigenvalue weighted by atomic mass is 32.1. The summed E-state index contributed by atoms with van der Waals surface area (Å²) in [6.07, 6.45) is 4.56. The smallest absolute Gasteiger partial charge is 0.330 e. The van der Waals surface area contributed by atoms with E-state index in [1.807, 2.05) is 0 Å². The third-order valence-corrected chi connectivity index (χ3v) is 2.78. The minimum atomic E-state index is -0.444. The number of thiazole rings is 1. The van der Waals surface area contributed by atoms with Gasteiger partial charge in [0, 0.05) is 23.7 Å². The van der Waals surface area contributed by atoms with Crippen LogP contribution >= 0.6 is 11.3 Å². The van der Waals surface area contributed by atoms with Crippen molar-refractivity contribution in [1.82, 2.24) is 9.38 Å². The predicted octanol–water partition coefficient (Wildman–Crippen LogP) is 1.38. The fourth-order valence-corrected chi connectivity index (χ4v) is 2.03. The fraction of sp³-hybridized carbons (Fsp3) is 0.182. The zero-order valence-electron chi connectivity index (χ0n) is 9.12. The average molecular weight is 250 g/mol. The molecular weight excluding hydrogens is 240 g/mol. The van der Waals surface area contributed by atoms with E-state index in [1.165, 1.54) is 27.9 Å². The molecule has 0 aliphatic carbocycles. The standard InChI is InChI=1S/C11H10N2O3S/c1-2-3-10(15)16-7-8-6-9(14)13-4-5-17-11(13)12-8/h2-6H,7H2,1H3. The summed E-state index contributed by atoms with van der Waals surface area (Å²) in [5, 5.41) is 1.78. The molecule has 5 nitrogen and oxygen atoms in total. The van der Waals surface area contributed by atoms with E-state index < -0.39 is 5.97 Å². The molecule has 88 valence electrons. The van der Waals surface area contributed by atoms with E-state index in [2.05, 4.69) is 4.98 Å². The lowest BCUT2D eigenvalue weighted by Crippen LogP contribution is -2.14. The fourth-order valence-electron chi connectivity index (χ4n) is 1.29. The molecule has 17 heavy (non-hydrogen) atoms. The normalized spacial score (nSPS) is 11.1. The molecule has 0 aromatic carbocycles. The maximum atomic E-state index is 11.6. The van der Waals surface area contributed by atoms with Crippen LogP contribution in [0.15, 0.2) is 34.6 Å². The van der Waals surface area contributed by atoms with Crippen LogP contribution in [0.1, 0.15) is 12.6 Å².